The van der Waals surface area contributed by atoms with Gasteiger partial charge >= 0.3 is 17.9 Å². The second-order valence-corrected chi connectivity index (χ2v) is 7.35. The summed E-state index contributed by atoms with van der Waals surface area (Å²) < 4.78 is 16.4. The summed E-state index contributed by atoms with van der Waals surface area (Å²) in [6, 6.07) is 0. The van der Waals surface area contributed by atoms with Crippen molar-refractivity contribution >= 4 is 24.2 Å². The van der Waals surface area contributed by atoms with E-state index in [0.29, 0.717) is 24.7 Å². The Bertz CT molecular complexity index is 761. The zero-order valence-electron chi connectivity index (χ0n) is 16.8. The van der Waals surface area contributed by atoms with Crippen molar-refractivity contribution in [2.24, 2.45) is 11.8 Å². The van der Waals surface area contributed by atoms with Gasteiger partial charge in [-0.2, -0.15) is 0 Å². The summed E-state index contributed by atoms with van der Waals surface area (Å²) in [5.74, 6) is -3.34. The van der Waals surface area contributed by atoms with Crippen LogP contribution < -0.4 is 0 Å². The SMILES string of the molecule is C=C1C(=O)O[C@@H]2/C=C(\CO)CC/C=C(/C=O)C(OC(C)=O)[C@@H](OC(=O)C(C)C)[C@@H]12. The van der Waals surface area contributed by atoms with Crippen LogP contribution in [0.5, 0.6) is 0 Å². The highest BCUT2D eigenvalue weighted by Crippen LogP contribution is 2.37. The minimum Gasteiger partial charge on any atom is -0.457 e. The fourth-order valence-corrected chi connectivity index (χ4v) is 3.33. The van der Waals surface area contributed by atoms with Gasteiger partial charge in [0, 0.05) is 18.1 Å². The van der Waals surface area contributed by atoms with Gasteiger partial charge < -0.3 is 19.3 Å². The zero-order valence-corrected chi connectivity index (χ0v) is 16.8. The Morgan fingerprint density at radius 3 is 2.62 bits per heavy atom. The molecule has 2 aliphatic rings. The molecule has 1 fully saturated rings. The standard InChI is InChI=1S/C21H26O8/c1-11(2)20(25)29-19-17-12(3)21(26)28-16(17)8-14(9-22)6-5-7-15(10-23)18(19)27-13(4)24/h7-8,10-11,16-19,22H,3,5-6,9H2,1-2,4H3/b14-8-,15-7-/t16-,17+,18?,19+/m1/s1. The molecule has 1 unspecified atom stereocenters. The van der Waals surface area contributed by atoms with E-state index >= 15 is 0 Å². The number of carbonyl (C=O) groups excluding carboxylic acids is 4. The number of fused-ring (bicyclic) bond motifs is 1. The Labute approximate surface area is 169 Å². The quantitative estimate of drug-likeness (QED) is 0.240. The highest BCUT2D eigenvalue weighted by Gasteiger charge is 2.49. The smallest absolute Gasteiger partial charge is 0.334 e. The number of hydrogen-bond acceptors (Lipinski definition) is 8. The highest BCUT2D eigenvalue weighted by molar-refractivity contribution is 5.91. The van der Waals surface area contributed by atoms with Gasteiger partial charge in [0.2, 0.25) is 0 Å². The first kappa shape index (κ1) is 22.5. The molecule has 0 saturated carbocycles. The summed E-state index contributed by atoms with van der Waals surface area (Å²) in [5.41, 5.74) is 0.740. The van der Waals surface area contributed by atoms with Crippen LogP contribution in [-0.2, 0) is 33.4 Å². The molecule has 0 aromatic carbocycles. The molecule has 2 rings (SSSR count). The molecule has 1 aliphatic heterocycles. The van der Waals surface area contributed by atoms with E-state index in [0.717, 1.165) is 0 Å². The first-order valence-corrected chi connectivity index (χ1v) is 9.42. The summed E-state index contributed by atoms with van der Waals surface area (Å²) in [7, 11) is 0. The summed E-state index contributed by atoms with van der Waals surface area (Å²) >= 11 is 0. The molecule has 1 heterocycles. The number of ether oxygens (including phenoxy) is 3. The van der Waals surface area contributed by atoms with Gasteiger partial charge in [0.05, 0.1) is 18.4 Å². The summed E-state index contributed by atoms with van der Waals surface area (Å²) in [6.07, 6.45) is 1.16. The van der Waals surface area contributed by atoms with Gasteiger partial charge in [0.15, 0.2) is 12.2 Å². The maximum atomic E-state index is 12.4. The predicted octanol–water partition coefficient (Wildman–Crippen LogP) is 1.42. The zero-order chi connectivity index (χ0) is 21.7. The van der Waals surface area contributed by atoms with E-state index in [1.54, 1.807) is 26.0 Å². The minimum atomic E-state index is -1.23. The lowest BCUT2D eigenvalue weighted by Crippen LogP contribution is -2.45. The van der Waals surface area contributed by atoms with Crippen molar-refractivity contribution < 1.29 is 38.5 Å². The largest absolute Gasteiger partial charge is 0.457 e. The molecule has 1 aliphatic carbocycles. The van der Waals surface area contributed by atoms with E-state index in [1.807, 2.05) is 0 Å². The van der Waals surface area contributed by atoms with Gasteiger partial charge in [-0.25, -0.2) is 4.79 Å². The average Bonchev–Trinajstić information content (AvgIpc) is 2.93. The van der Waals surface area contributed by atoms with Gasteiger partial charge in [0.25, 0.3) is 0 Å². The topological polar surface area (TPSA) is 116 Å². The Balaban J connectivity index is 2.63. The van der Waals surface area contributed by atoms with Gasteiger partial charge in [-0.15, -0.1) is 0 Å². The maximum Gasteiger partial charge on any atom is 0.334 e. The summed E-state index contributed by atoms with van der Waals surface area (Å²) in [4.78, 5) is 48.2. The maximum absolute atomic E-state index is 12.4. The van der Waals surface area contributed by atoms with Crippen LogP contribution in [0.1, 0.15) is 33.6 Å². The minimum absolute atomic E-state index is 0.0353. The number of aliphatic hydroxyl groups is 1. The Hall–Kier alpha value is -2.74. The van der Waals surface area contributed by atoms with E-state index in [2.05, 4.69) is 6.58 Å². The Morgan fingerprint density at radius 2 is 2.07 bits per heavy atom. The molecule has 1 saturated heterocycles. The number of aldehydes is 1. The van der Waals surface area contributed by atoms with Crippen LogP contribution in [0.15, 0.2) is 35.5 Å². The molecule has 158 valence electrons. The second kappa shape index (κ2) is 9.65. The lowest BCUT2D eigenvalue weighted by Gasteiger charge is -2.33. The Kier molecular flexibility index (Phi) is 7.50. The van der Waals surface area contributed by atoms with Crippen LogP contribution in [0.3, 0.4) is 0 Å². The first-order chi connectivity index (χ1) is 13.7. The summed E-state index contributed by atoms with van der Waals surface area (Å²) in [6.45, 7) is 7.93. The fraction of sp³-hybridized carbons (Fsp3) is 0.524. The number of aliphatic hydroxyl groups excluding tert-OH is 1. The normalized spacial score (nSPS) is 30.9. The van der Waals surface area contributed by atoms with Gasteiger partial charge in [-0.1, -0.05) is 26.5 Å². The van der Waals surface area contributed by atoms with Crippen LogP contribution in [0.2, 0.25) is 0 Å². The van der Waals surface area contributed by atoms with E-state index < -0.39 is 48.1 Å². The van der Waals surface area contributed by atoms with Crippen LogP contribution in [-0.4, -0.2) is 54.2 Å². The highest BCUT2D eigenvalue weighted by atomic mass is 16.6. The Morgan fingerprint density at radius 1 is 1.38 bits per heavy atom. The van der Waals surface area contributed by atoms with Crippen LogP contribution in [0, 0.1) is 11.8 Å². The van der Waals surface area contributed by atoms with E-state index in [-0.39, 0.29) is 17.8 Å². The molecule has 8 nitrogen and oxygen atoms in total. The third-order valence-corrected chi connectivity index (χ3v) is 4.84. The molecule has 8 heteroatoms. The number of allylic oxidation sites excluding steroid dienone is 1. The molecule has 1 N–H and O–H groups in total. The van der Waals surface area contributed by atoms with Gasteiger partial charge in [-0.3, -0.25) is 14.4 Å². The number of hydrogen-bond donors (Lipinski definition) is 1. The van der Waals surface area contributed by atoms with Crippen molar-refractivity contribution in [3.05, 3.63) is 35.5 Å². The third-order valence-electron chi connectivity index (χ3n) is 4.84. The predicted molar refractivity (Wildman–Crippen MR) is 101 cm³/mol. The van der Waals surface area contributed by atoms with Crippen molar-refractivity contribution in [1.82, 2.24) is 0 Å². The lowest BCUT2D eigenvalue weighted by molar-refractivity contribution is -0.171. The molecule has 29 heavy (non-hydrogen) atoms. The molecule has 4 atom stereocenters. The van der Waals surface area contributed by atoms with E-state index in [4.69, 9.17) is 14.2 Å². The second-order valence-electron chi connectivity index (χ2n) is 7.35. The van der Waals surface area contributed by atoms with Crippen molar-refractivity contribution in [3.8, 4) is 0 Å². The molecular weight excluding hydrogens is 380 g/mol. The number of carbonyl (C=O) groups is 4. The molecular formula is C21H26O8. The molecule has 0 spiro atoms. The molecule has 0 bridgehead atoms. The van der Waals surface area contributed by atoms with E-state index in [9.17, 15) is 24.3 Å². The molecule has 0 aromatic rings. The van der Waals surface area contributed by atoms with Gasteiger partial charge in [0.1, 0.15) is 12.4 Å². The third kappa shape index (κ3) is 5.20. The monoisotopic (exact) mass is 406 g/mol. The summed E-state index contributed by atoms with van der Waals surface area (Å²) in [5, 5.41) is 9.62. The number of esters is 3. The molecule has 0 radical (unpaired) electrons. The number of rotatable bonds is 5. The van der Waals surface area contributed by atoms with Crippen molar-refractivity contribution in [1.29, 1.82) is 0 Å². The first-order valence-electron chi connectivity index (χ1n) is 9.42. The van der Waals surface area contributed by atoms with Crippen LogP contribution in [0.4, 0.5) is 0 Å². The molecule has 0 amide bonds. The fourth-order valence-electron chi connectivity index (χ4n) is 3.33. The average molecular weight is 406 g/mol. The van der Waals surface area contributed by atoms with Gasteiger partial charge in [-0.05, 0) is 24.5 Å². The van der Waals surface area contributed by atoms with E-state index in [1.165, 1.54) is 6.92 Å². The van der Waals surface area contributed by atoms with Crippen LogP contribution >= 0.6 is 0 Å². The van der Waals surface area contributed by atoms with Crippen LogP contribution in [0.25, 0.3) is 0 Å². The molecule has 0 aromatic heterocycles. The van der Waals surface area contributed by atoms with Crippen molar-refractivity contribution in [2.45, 2.75) is 51.9 Å². The lowest BCUT2D eigenvalue weighted by atomic mass is 9.83. The van der Waals surface area contributed by atoms with Crippen molar-refractivity contribution in [2.75, 3.05) is 6.61 Å². The van der Waals surface area contributed by atoms with Crippen molar-refractivity contribution in [3.63, 3.8) is 0 Å².